The van der Waals surface area contributed by atoms with Gasteiger partial charge in [-0.3, -0.25) is 9.05 Å². The molecule has 104 valence electrons. The van der Waals surface area contributed by atoms with Crippen LogP contribution in [0.25, 0.3) is 0 Å². The van der Waals surface area contributed by atoms with Crippen molar-refractivity contribution in [1.29, 1.82) is 0 Å². The van der Waals surface area contributed by atoms with Crippen LogP contribution in [-0.2, 0) is 18.2 Å². The normalized spacial score (nSPS) is 15.1. The van der Waals surface area contributed by atoms with Crippen LogP contribution in [0.1, 0.15) is 41.5 Å². The van der Waals surface area contributed by atoms with Gasteiger partial charge in [0.25, 0.3) is 0 Å². The first-order valence-corrected chi connectivity index (χ1v) is 8.14. The van der Waals surface area contributed by atoms with Gasteiger partial charge >= 0.3 is 15.5 Å². The molecule has 9 heteroatoms. The van der Waals surface area contributed by atoms with E-state index in [4.69, 9.17) is 18.8 Å². The highest BCUT2D eigenvalue weighted by molar-refractivity contribution is 7.66. The Kier molecular flexibility index (Phi) is 5.17. The van der Waals surface area contributed by atoms with E-state index in [-0.39, 0.29) is 0 Å². The maximum Gasteiger partial charge on any atom is 0.415 e. The van der Waals surface area contributed by atoms with Gasteiger partial charge in [-0.2, -0.15) is 0 Å². The smallest absolute Gasteiger partial charge is 0.312 e. The van der Waals surface area contributed by atoms with Gasteiger partial charge in [0.15, 0.2) is 0 Å². The third-order valence-corrected chi connectivity index (χ3v) is 4.64. The average molecular weight is 289 g/mol. The highest BCUT2D eigenvalue weighted by Gasteiger charge is 2.40. The van der Waals surface area contributed by atoms with Crippen molar-refractivity contribution >= 4 is 15.5 Å². The maximum absolute atomic E-state index is 12.2. The van der Waals surface area contributed by atoms with Crippen LogP contribution in [0.3, 0.4) is 0 Å². The molecule has 0 aliphatic rings. The second-order valence-electron chi connectivity index (χ2n) is 5.55. The summed E-state index contributed by atoms with van der Waals surface area (Å²) in [5.74, 6) is 0. The van der Waals surface area contributed by atoms with E-state index in [0.29, 0.717) is 0 Å². The lowest BCUT2D eigenvalue weighted by Crippen LogP contribution is -2.28. The third kappa shape index (κ3) is 9.92. The van der Waals surface area contributed by atoms with Crippen molar-refractivity contribution in [2.24, 2.45) is 0 Å². The summed E-state index contributed by atoms with van der Waals surface area (Å²) < 4.78 is 33.3. The molecule has 0 aliphatic heterocycles. The Hall–Kier alpha value is 0.260. The van der Waals surface area contributed by atoms with Gasteiger partial charge in [-0.1, -0.05) is 0 Å². The zero-order valence-corrected chi connectivity index (χ0v) is 12.7. The molecule has 3 N–H and O–H groups in total. The molecule has 0 aromatic heterocycles. The van der Waals surface area contributed by atoms with E-state index in [1.807, 2.05) is 0 Å². The van der Waals surface area contributed by atoms with Crippen LogP contribution in [0, 0.1) is 0 Å². The summed E-state index contributed by atoms with van der Waals surface area (Å²) in [6.45, 7) is 9.63. The van der Waals surface area contributed by atoms with E-state index in [1.54, 1.807) is 46.4 Å². The van der Waals surface area contributed by atoms with E-state index in [0.717, 1.165) is 0 Å². The first kappa shape index (κ1) is 17.3. The predicted molar refractivity (Wildman–Crippen MR) is 64.5 cm³/mol. The molecule has 0 aromatic rings. The molecule has 0 aromatic carbocycles. The van der Waals surface area contributed by atoms with Crippen molar-refractivity contribution in [3.8, 4) is 0 Å². The van der Waals surface area contributed by atoms with Crippen LogP contribution >= 0.6 is 15.5 Å². The molecule has 0 fully saturated rings. The molecule has 0 amide bonds. The van der Waals surface area contributed by atoms with E-state index in [1.165, 1.54) is 0 Å². The molecular weight excluding hydrogens is 268 g/mol. The molecule has 0 bridgehead atoms. The lowest BCUT2D eigenvalue weighted by Gasteiger charge is -2.31. The Labute approximate surface area is 102 Å². The van der Waals surface area contributed by atoms with Crippen LogP contribution in [0.4, 0.5) is 0 Å². The van der Waals surface area contributed by atoms with Gasteiger partial charge in [-0.05, 0) is 41.5 Å². The van der Waals surface area contributed by atoms with Crippen molar-refractivity contribution in [2.45, 2.75) is 52.7 Å². The molecule has 0 radical (unpaired) electrons. The Balaban J connectivity index is 5.10. The molecule has 0 heterocycles. The molecule has 0 aliphatic carbocycles. The van der Waals surface area contributed by atoms with E-state index in [2.05, 4.69) is 0 Å². The van der Waals surface area contributed by atoms with Crippen LogP contribution in [0.2, 0.25) is 0 Å². The average Bonchev–Trinajstić information content (AvgIpc) is 1.65. The predicted octanol–water partition coefficient (Wildman–Crippen LogP) is 2.41. The van der Waals surface area contributed by atoms with E-state index < -0.39 is 26.7 Å². The Morgan fingerprint density at radius 3 is 1.35 bits per heavy atom. The SMILES string of the molecule is CC(C)(C)OP(=O)(NP(=O)(O)O)OC(C)(C)C. The number of nitrogens with one attached hydrogen (secondary N) is 1. The van der Waals surface area contributed by atoms with E-state index in [9.17, 15) is 9.13 Å². The number of hydrogen-bond donors (Lipinski definition) is 3. The van der Waals surface area contributed by atoms with Crippen LogP contribution in [-0.4, -0.2) is 21.0 Å². The minimum atomic E-state index is -4.72. The fourth-order valence-corrected chi connectivity index (χ4v) is 4.02. The Morgan fingerprint density at radius 1 is 0.882 bits per heavy atom. The maximum atomic E-state index is 12.2. The zero-order chi connectivity index (χ0) is 14.1. The molecule has 0 spiro atoms. The van der Waals surface area contributed by atoms with Gasteiger partial charge in [0.1, 0.15) is 0 Å². The summed E-state index contributed by atoms with van der Waals surface area (Å²) in [5, 5.41) is 0. The lowest BCUT2D eigenvalue weighted by atomic mass is 10.2. The fourth-order valence-electron chi connectivity index (χ4n) is 0.940. The molecule has 0 rings (SSSR count). The molecule has 0 unspecified atom stereocenters. The highest BCUT2D eigenvalue weighted by atomic mass is 31.3. The number of rotatable bonds is 4. The van der Waals surface area contributed by atoms with Crippen LogP contribution in [0.15, 0.2) is 0 Å². The summed E-state index contributed by atoms with van der Waals surface area (Å²) in [5.41, 5.74) is -1.74. The van der Waals surface area contributed by atoms with Crippen molar-refractivity contribution in [1.82, 2.24) is 4.86 Å². The van der Waals surface area contributed by atoms with Gasteiger partial charge in [0.05, 0.1) is 11.2 Å². The van der Waals surface area contributed by atoms with Crippen LogP contribution < -0.4 is 4.86 Å². The summed E-state index contributed by atoms with van der Waals surface area (Å²) in [4.78, 5) is 19.3. The van der Waals surface area contributed by atoms with Gasteiger partial charge in [-0.25, -0.2) is 9.13 Å². The second-order valence-corrected chi connectivity index (χ2v) is 8.80. The van der Waals surface area contributed by atoms with Gasteiger partial charge < -0.3 is 9.79 Å². The minimum Gasteiger partial charge on any atom is -0.312 e. The van der Waals surface area contributed by atoms with Crippen molar-refractivity contribution < 1.29 is 28.0 Å². The van der Waals surface area contributed by atoms with Crippen molar-refractivity contribution in [2.75, 3.05) is 0 Å². The minimum absolute atomic E-state index is 0.872. The second kappa shape index (κ2) is 5.10. The largest absolute Gasteiger partial charge is 0.415 e. The quantitative estimate of drug-likeness (QED) is 0.682. The van der Waals surface area contributed by atoms with Gasteiger partial charge in [-0.15, -0.1) is 4.86 Å². The monoisotopic (exact) mass is 289 g/mol. The topological polar surface area (TPSA) is 105 Å². The molecule has 0 saturated heterocycles. The zero-order valence-electron chi connectivity index (χ0n) is 10.9. The lowest BCUT2D eigenvalue weighted by molar-refractivity contribution is 0.0464. The first-order chi connectivity index (χ1) is 7.12. The standard InChI is InChI=1S/C8H21NO6P2/c1-7(2,3)14-17(13,9-16(10,11)12)15-8(4,5)6/h1-6H3,(H3,9,10,11,12,13). The summed E-state index contributed by atoms with van der Waals surface area (Å²) >= 11 is 0. The summed E-state index contributed by atoms with van der Waals surface area (Å²) in [7, 11) is -8.82. The summed E-state index contributed by atoms with van der Waals surface area (Å²) in [6, 6.07) is 0. The third-order valence-electron chi connectivity index (χ3n) is 1.04. The van der Waals surface area contributed by atoms with Crippen LogP contribution in [0.5, 0.6) is 0 Å². The highest BCUT2D eigenvalue weighted by Crippen LogP contribution is 2.57. The molecule has 0 atom stereocenters. The van der Waals surface area contributed by atoms with Gasteiger partial charge in [0, 0.05) is 0 Å². The van der Waals surface area contributed by atoms with Crippen molar-refractivity contribution in [3.63, 3.8) is 0 Å². The molecule has 0 saturated carbocycles. The Morgan fingerprint density at radius 2 is 1.18 bits per heavy atom. The van der Waals surface area contributed by atoms with E-state index >= 15 is 0 Å². The molecular formula is C8H21NO6P2. The van der Waals surface area contributed by atoms with Crippen molar-refractivity contribution in [3.05, 3.63) is 0 Å². The fraction of sp³-hybridized carbons (Fsp3) is 1.00. The first-order valence-electron chi connectivity index (χ1n) is 4.99. The van der Waals surface area contributed by atoms with Gasteiger partial charge in [0.2, 0.25) is 0 Å². The Bertz CT molecular complexity index is 330. The summed E-state index contributed by atoms with van der Waals surface area (Å²) in [6.07, 6.45) is 0. The molecule has 7 nitrogen and oxygen atoms in total. The molecule has 17 heavy (non-hydrogen) atoms. The number of hydrogen-bond acceptors (Lipinski definition) is 4.